The van der Waals surface area contributed by atoms with E-state index in [1.165, 1.54) is 0 Å². The van der Waals surface area contributed by atoms with E-state index >= 15 is 0 Å². The number of aryl methyl sites for hydroxylation is 2. The van der Waals surface area contributed by atoms with Crippen molar-refractivity contribution in [1.82, 2.24) is 0 Å². The Labute approximate surface area is 181 Å². The van der Waals surface area contributed by atoms with Crippen LogP contribution < -0.4 is 5.32 Å². The molecule has 154 valence electrons. The first-order valence-corrected chi connectivity index (χ1v) is 10.00. The second-order valence-corrected chi connectivity index (χ2v) is 8.30. The number of aromatic hydroxyl groups is 1. The molecule has 0 bridgehead atoms. The first-order valence-electron chi connectivity index (χ1n) is 9.62. The number of hydrogen-bond acceptors (Lipinski definition) is 3. The summed E-state index contributed by atoms with van der Waals surface area (Å²) in [6.07, 6.45) is 0. The SMILES string of the molecule is Cc1cc(C(C)(C)c2ccc(O)cc2)c(C)cc1C(=O)Nc1ccc(C(=O)Cl)cc1. The Hall–Kier alpha value is -3.11. The van der Waals surface area contributed by atoms with Gasteiger partial charge in [-0.15, -0.1) is 0 Å². The number of anilines is 1. The fourth-order valence-corrected chi connectivity index (χ4v) is 3.78. The van der Waals surface area contributed by atoms with Crippen LogP contribution in [0.3, 0.4) is 0 Å². The molecule has 0 saturated carbocycles. The molecule has 1 amide bonds. The molecule has 2 N–H and O–H groups in total. The second-order valence-electron chi connectivity index (χ2n) is 7.96. The van der Waals surface area contributed by atoms with E-state index in [-0.39, 0.29) is 17.1 Å². The van der Waals surface area contributed by atoms with Crippen LogP contribution in [-0.4, -0.2) is 16.3 Å². The number of phenols is 1. The van der Waals surface area contributed by atoms with Crippen molar-refractivity contribution in [3.8, 4) is 5.75 Å². The highest BCUT2D eigenvalue weighted by molar-refractivity contribution is 6.67. The number of carbonyl (C=O) groups excluding carboxylic acids is 2. The zero-order chi connectivity index (χ0) is 22.1. The molecule has 3 aromatic carbocycles. The Bertz CT molecular complexity index is 1100. The van der Waals surface area contributed by atoms with Crippen molar-refractivity contribution >= 4 is 28.4 Å². The van der Waals surface area contributed by atoms with Gasteiger partial charge in [0.25, 0.3) is 11.1 Å². The number of rotatable bonds is 5. The molecule has 5 heteroatoms. The smallest absolute Gasteiger partial charge is 0.255 e. The molecule has 0 aliphatic carbocycles. The van der Waals surface area contributed by atoms with Gasteiger partial charge in [0.2, 0.25) is 0 Å². The van der Waals surface area contributed by atoms with Gasteiger partial charge in [0.1, 0.15) is 5.75 Å². The number of phenolic OH excluding ortho intramolecular Hbond substituents is 1. The van der Waals surface area contributed by atoms with Crippen molar-refractivity contribution < 1.29 is 14.7 Å². The molecule has 0 aliphatic heterocycles. The van der Waals surface area contributed by atoms with Crippen molar-refractivity contribution in [2.75, 3.05) is 5.32 Å². The molecule has 0 fully saturated rings. The number of hydrogen-bond donors (Lipinski definition) is 2. The van der Waals surface area contributed by atoms with Crippen LogP contribution in [0.4, 0.5) is 5.69 Å². The zero-order valence-electron chi connectivity index (χ0n) is 17.4. The molecule has 30 heavy (non-hydrogen) atoms. The lowest BCUT2D eigenvalue weighted by atomic mass is 9.75. The third kappa shape index (κ3) is 4.39. The van der Waals surface area contributed by atoms with E-state index in [1.54, 1.807) is 36.4 Å². The zero-order valence-corrected chi connectivity index (χ0v) is 18.2. The molecular formula is C25H24ClNO3. The van der Waals surface area contributed by atoms with Crippen LogP contribution in [0.2, 0.25) is 0 Å². The van der Waals surface area contributed by atoms with Crippen LogP contribution in [0.1, 0.15) is 56.8 Å². The summed E-state index contributed by atoms with van der Waals surface area (Å²) >= 11 is 5.46. The van der Waals surface area contributed by atoms with E-state index in [0.29, 0.717) is 16.8 Å². The molecule has 0 spiro atoms. The van der Waals surface area contributed by atoms with Gasteiger partial charge >= 0.3 is 0 Å². The average molecular weight is 422 g/mol. The Kier molecular flexibility index (Phi) is 5.99. The number of amides is 1. The average Bonchev–Trinajstić information content (AvgIpc) is 2.70. The van der Waals surface area contributed by atoms with E-state index in [2.05, 4.69) is 19.2 Å². The Balaban J connectivity index is 1.89. The molecule has 3 rings (SSSR count). The van der Waals surface area contributed by atoms with Gasteiger partial charge in [0.05, 0.1) is 0 Å². The molecule has 0 atom stereocenters. The maximum atomic E-state index is 12.8. The summed E-state index contributed by atoms with van der Waals surface area (Å²) in [5, 5.41) is 11.9. The number of benzene rings is 3. The topological polar surface area (TPSA) is 66.4 Å². The Morgan fingerprint density at radius 3 is 2.07 bits per heavy atom. The summed E-state index contributed by atoms with van der Waals surface area (Å²) in [7, 11) is 0. The van der Waals surface area contributed by atoms with Crippen LogP contribution in [0.5, 0.6) is 5.75 Å². The molecule has 0 heterocycles. The van der Waals surface area contributed by atoms with Gasteiger partial charge in [0, 0.05) is 22.2 Å². The van der Waals surface area contributed by atoms with Gasteiger partial charge in [-0.1, -0.05) is 32.0 Å². The Morgan fingerprint density at radius 2 is 1.50 bits per heavy atom. The highest BCUT2D eigenvalue weighted by Gasteiger charge is 2.26. The van der Waals surface area contributed by atoms with Crippen LogP contribution >= 0.6 is 11.6 Å². The van der Waals surface area contributed by atoms with Crippen molar-refractivity contribution in [3.05, 3.63) is 94.0 Å². The van der Waals surface area contributed by atoms with E-state index < -0.39 is 5.24 Å². The predicted octanol–water partition coefficient (Wildman–Crippen LogP) is 5.97. The lowest BCUT2D eigenvalue weighted by Crippen LogP contribution is -2.22. The fourth-order valence-electron chi connectivity index (χ4n) is 3.65. The monoisotopic (exact) mass is 421 g/mol. The summed E-state index contributed by atoms with van der Waals surface area (Å²) in [4.78, 5) is 24.0. The van der Waals surface area contributed by atoms with Crippen LogP contribution in [0.25, 0.3) is 0 Å². The van der Waals surface area contributed by atoms with Crippen molar-refractivity contribution in [2.45, 2.75) is 33.1 Å². The highest BCUT2D eigenvalue weighted by Crippen LogP contribution is 2.35. The summed E-state index contributed by atoms with van der Waals surface area (Å²) < 4.78 is 0. The van der Waals surface area contributed by atoms with Crippen molar-refractivity contribution in [2.24, 2.45) is 0 Å². The van der Waals surface area contributed by atoms with E-state index in [4.69, 9.17) is 11.6 Å². The summed E-state index contributed by atoms with van der Waals surface area (Å²) in [6, 6.07) is 17.6. The van der Waals surface area contributed by atoms with Crippen LogP contribution in [0.15, 0.2) is 60.7 Å². The lowest BCUT2D eigenvalue weighted by Gasteiger charge is -2.29. The maximum Gasteiger partial charge on any atom is 0.255 e. The molecule has 0 unspecified atom stereocenters. The number of halogens is 1. The third-order valence-corrected chi connectivity index (χ3v) is 5.67. The first kappa shape index (κ1) is 21.6. The molecule has 0 saturated heterocycles. The van der Waals surface area contributed by atoms with Crippen molar-refractivity contribution in [3.63, 3.8) is 0 Å². The molecule has 0 aromatic heterocycles. The molecular weight excluding hydrogens is 398 g/mol. The van der Waals surface area contributed by atoms with E-state index in [1.807, 2.05) is 38.1 Å². The lowest BCUT2D eigenvalue weighted by molar-refractivity contribution is 0.102. The minimum Gasteiger partial charge on any atom is -0.508 e. The largest absolute Gasteiger partial charge is 0.508 e. The fraction of sp³-hybridized carbons (Fsp3) is 0.200. The standard InChI is InChI=1S/C25H24ClNO3/c1-15-14-22(25(3,4)18-7-11-20(28)12-8-18)16(2)13-21(15)24(30)27-19-9-5-17(6-10-19)23(26)29/h5-14,28H,1-4H3,(H,27,30). The minimum absolute atomic E-state index is 0.213. The number of nitrogens with one attached hydrogen (secondary N) is 1. The normalized spacial score (nSPS) is 11.2. The summed E-state index contributed by atoms with van der Waals surface area (Å²) in [5.41, 5.74) is 5.34. The molecule has 3 aromatic rings. The predicted molar refractivity (Wildman–Crippen MR) is 121 cm³/mol. The summed E-state index contributed by atoms with van der Waals surface area (Å²) in [6.45, 7) is 8.16. The maximum absolute atomic E-state index is 12.8. The van der Waals surface area contributed by atoms with Gasteiger partial charge in [-0.25, -0.2) is 0 Å². The van der Waals surface area contributed by atoms with Gasteiger partial charge in [-0.05, 0) is 90.2 Å². The van der Waals surface area contributed by atoms with Gasteiger partial charge < -0.3 is 10.4 Å². The third-order valence-electron chi connectivity index (χ3n) is 5.45. The van der Waals surface area contributed by atoms with Crippen LogP contribution in [-0.2, 0) is 5.41 Å². The van der Waals surface area contributed by atoms with E-state index in [0.717, 1.165) is 22.3 Å². The second kappa shape index (κ2) is 8.33. The highest BCUT2D eigenvalue weighted by atomic mass is 35.5. The first-order chi connectivity index (χ1) is 14.1. The molecule has 4 nitrogen and oxygen atoms in total. The van der Waals surface area contributed by atoms with Gasteiger partial charge in [0.15, 0.2) is 0 Å². The summed E-state index contributed by atoms with van der Waals surface area (Å²) in [5.74, 6) is 0.0208. The van der Waals surface area contributed by atoms with Crippen LogP contribution in [0, 0.1) is 13.8 Å². The molecule has 0 radical (unpaired) electrons. The number of carbonyl (C=O) groups is 2. The molecule has 0 aliphatic rings. The Morgan fingerprint density at radius 1 is 0.900 bits per heavy atom. The van der Waals surface area contributed by atoms with Gasteiger partial charge in [-0.3, -0.25) is 9.59 Å². The minimum atomic E-state index is -0.536. The van der Waals surface area contributed by atoms with Crippen molar-refractivity contribution in [1.29, 1.82) is 0 Å². The van der Waals surface area contributed by atoms with E-state index in [9.17, 15) is 14.7 Å². The quantitative estimate of drug-likeness (QED) is 0.499. The van der Waals surface area contributed by atoms with Gasteiger partial charge in [-0.2, -0.15) is 0 Å².